The summed E-state index contributed by atoms with van der Waals surface area (Å²) in [5, 5.41) is 3.98. The van der Waals surface area contributed by atoms with Crippen molar-refractivity contribution >= 4 is 59.4 Å². The van der Waals surface area contributed by atoms with E-state index in [1.165, 1.54) is 0 Å². The minimum atomic E-state index is -0.0382. The second-order valence-electron chi connectivity index (χ2n) is 4.43. The average Bonchev–Trinajstić information content (AvgIpc) is 2.38. The van der Waals surface area contributed by atoms with E-state index in [9.17, 15) is 0 Å². The lowest BCUT2D eigenvalue weighted by Gasteiger charge is -2.21. The van der Waals surface area contributed by atoms with Crippen LogP contribution in [0.1, 0.15) is 17.2 Å². The highest BCUT2D eigenvalue weighted by Gasteiger charge is 2.20. The number of methoxy groups -OCH3 is 1. The Morgan fingerprint density at radius 1 is 1.05 bits per heavy atom. The van der Waals surface area contributed by atoms with Gasteiger partial charge in [0, 0.05) is 19.5 Å². The molecule has 0 aliphatic rings. The third kappa shape index (κ3) is 4.02. The lowest BCUT2D eigenvalue weighted by atomic mass is 9.98. The van der Waals surface area contributed by atoms with Crippen molar-refractivity contribution in [2.24, 2.45) is 0 Å². The van der Waals surface area contributed by atoms with Crippen molar-refractivity contribution in [1.29, 1.82) is 0 Å². The zero-order valence-electron chi connectivity index (χ0n) is 11.4. The summed E-state index contributed by atoms with van der Waals surface area (Å²) < 4.78 is 8.38. The highest BCUT2D eigenvalue weighted by molar-refractivity contribution is 9.11. The minimum absolute atomic E-state index is 0.0382. The van der Waals surface area contributed by atoms with Crippen LogP contribution in [0.2, 0.25) is 5.02 Å². The molecule has 0 aliphatic heterocycles. The first-order valence-electron chi connectivity index (χ1n) is 6.12. The molecule has 0 saturated carbocycles. The Morgan fingerprint density at radius 3 is 2.19 bits per heavy atom. The number of rotatable bonds is 4. The minimum Gasteiger partial charge on any atom is -0.495 e. The van der Waals surface area contributed by atoms with Crippen LogP contribution in [0.25, 0.3) is 0 Å². The average molecular weight is 498 g/mol. The second kappa shape index (κ2) is 7.47. The molecule has 0 amide bonds. The van der Waals surface area contributed by atoms with Gasteiger partial charge in [0.05, 0.1) is 17.6 Å². The molecule has 2 rings (SSSR count). The predicted octanol–water partition coefficient (Wildman–Crippen LogP) is 5.94. The molecule has 2 aromatic rings. The van der Waals surface area contributed by atoms with Gasteiger partial charge in [-0.15, -0.1) is 0 Å². The second-order valence-corrected chi connectivity index (χ2v) is 7.56. The van der Waals surface area contributed by atoms with Crippen LogP contribution in [0.3, 0.4) is 0 Å². The molecule has 0 spiro atoms. The number of hydrogen-bond acceptors (Lipinski definition) is 2. The fourth-order valence-corrected chi connectivity index (χ4v) is 4.58. The van der Waals surface area contributed by atoms with Gasteiger partial charge in [-0.05, 0) is 58.9 Å². The summed E-state index contributed by atoms with van der Waals surface area (Å²) in [7, 11) is 3.56. The molecule has 0 aliphatic carbocycles. The van der Waals surface area contributed by atoms with Gasteiger partial charge in [0.1, 0.15) is 5.75 Å². The zero-order valence-corrected chi connectivity index (χ0v) is 16.9. The maximum atomic E-state index is 6.20. The van der Waals surface area contributed by atoms with Crippen LogP contribution in [0.4, 0.5) is 0 Å². The van der Waals surface area contributed by atoms with Gasteiger partial charge in [-0.2, -0.15) is 0 Å². The Labute approximate surface area is 154 Å². The molecule has 0 bridgehead atoms. The van der Waals surface area contributed by atoms with Crippen LogP contribution in [0.5, 0.6) is 5.75 Å². The van der Waals surface area contributed by atoms with Gasteiger partial charge in [0.25, 0.3) is 0 Å². The van der Waals surface area contributed by atoms with Gasteiger partial charge in [0.2, 0.25) is 0 Å². The lowest BCUT2D eigenvalue weighted by molar-refractivity contribution is 0.402. The van der Waals surface area contributed by atoms with Crippen molar-refractivity contribution < 1.29 is 4.74 Å². The Kier molecular flexibility index (Phi) is 6.15. The van der Waals surface area contributed by atoms with Gasteiger partial charge < -0.3 is 10.1 Å². The number of nitrogens with one attached hydrogen (secondary N) is 1. The number of benzene rings is 2. The zero-order chi connectivity index (χ0) is 15.6. The summed E-state index contributed by atoms with van der Waals surface area (Å²) in [5.74, 6) is 0.773. The molecule has 1 N–H and O–H groups in total. The molecule has 0 fully saturated rings. The van der Waals surface area contributed by atoms with E-state index in [0.717, 1.165) is 30.3 Å². The smallest absolute Gasteiger partial charge is 0.138 e. The van der Waals surface area contributed by atoms with E-state index in [2.05, 4.69) is 65.2 Å². The van der Waals surface area contributed by atoms with Crippen LogP contribution in [0.15, 0.2) is 43.7 Å². The topological polar surface area (TPSA) is 21.3 Å². The third-order valence-corrected chi connectivity index (χ3v) is 4.78. The number of ether oxygens (including phenoxy) is 1. The molecule has 0 radical (unpaired) electrons. The van der Waals surface area contributed by atoms with Gasteiger partial charge in [-0.1, -0.05) is 43.5 Å². The van der Waals surface area contributed by atoms with Gasteiger partial charge >= 0.3 is 0 Å². The molecule has 1 atom stereocenters. The summed E-state index contributed by atoms with van der Waals surface area (Å²) in [5.41, 5.74) is 2.08. The van der Waals surface area contributed by atoms with Crippen molar-refractivity contribution in [3.63, 3.8) is 0 Å². The van der Waals surface area contributed by atoms with E-state index < -0.39 is 0 Å². The van der Waals surface area contributed by atoms with Crippen molar-refractivity contribution in [1.82, 2.24) is 5.32 Å². The van der Waals surface area contributed by atoms with E-state index >= 15 is 0 Å². The molecule has 1 unspecified atom stereocenters. The summed E-state index contributed by atoms with van der Waals surface area (Å²) in [6.07, 6.45) is 0. The molecular formula is C15H13Br3ClNO. The van der Waals surface area contributed by atoms with E-state index in [4.69, 9.17) is 16.3 Å². The first kappa shape index (κ1) is 17.3. The molecule has 0 saturated heterocycles. The van der Waals surface area contributed by atoms with E-state index in [1.807, 2.05) is 25.2 Å². The van der Waals surface area contributed by atoms with Crippen molar-refractivity contribution in [2.45, 2.75) is 6.04 Å². The highest BCUT2D eigenvalue weighted by atomic mass is 79.9. The molecule has 0 aromatic heterocycles. The summed E-state index contributed by atoms with van der Waals surface area (Å²) in [6, 6.07) is 9.85. The van der Waals surface area contributed by atoms with E-state index in [-0.39, 0.29) is 6.04 Å². The predicted molar refractivity (Wildman–Crippen MR) is 98.4 cm³/mol. The maximum Gasteiger partial charge on any atom is 0.138 e. The van der Waals surface area contributed by atoms with Crippen LogP contribution < -0.4 is 10.1 Å². The molecular weight excluding hydrogens is 485 g/mol. The SMILES string of the molecule is CNC(c1cc(Br)cc(Br)c1)c1cc(Cl)cc(Br)c1OC. The van der Waals surface area contributed by atoms with Crippen LogP contribution in [-0.2, 0) is 0 Å². The molecule has 0 heterocycles. The molecule has 21 heavy (non-hydrogen) atoms. The molecule has 2 nitrogen and oxygen atoms in total. The fraction of sp³-hybridized carbons (Fsp3) is 0.200. The Hall–Kier alpha value is -0.0700. The van der Waals surface area contributed by atoms with Gasteiger partial charge in [-0.3, -0.25) is 0 Å². The van der Waals surface area contributed by atoms with Crippen LogP contribution >= 0.6 is 59.4 Å². The monoisotopic (exact) mass is 495 g/mol. The molecule has 112 valence electrons. The van der Waals surface area contributed by atoms with Gasteiger partial charge in [-0.25, -0.2) is 0 Å². The standard InChI is InChI=1S/C15H13Br3ClNO/c1-20-14(8-3-9(16)5-10(17)4-8)12-6-11(19)7-13(18)15(12)21-2/h3-7,14,20H,1-2H3. The van der Waals surface area contributed by atoms with Crippen molar-refractivity contribution in [3.8, 4) is 5.75 Å². The van der Waals surface area contributed by atoms with Gasteiger partial charge in [0.15, 0.2) is 0 Å². The normalized spacial score (nSPS) is 12.3. The summed E-state index contributed by atoms with van der Waals surface area (Å²) in [4.78, 5) is 0. The highest BCUT2D eigenvalue weighted by Crippen LogP contribution is 2.39. The van der Waals surface area contributed by atoms with E-state index in [1.54, 1.807) is 7.11 Å². The largest absolute Gasteiger partial charge is 0.495 e. The Morgan fingerprint density at radius 2 is 1.67 bits per heavy atom. The van der Waals surface area contributed by atoms with E-state index in [0.29, 0.717) is 5.02 Å². The maximum absolute atomic E-state index is 6.20. The summed E-state index contributed by atoms with van der Waals surface area (Å²) >= 11 is 16.7. The van der Waals surface area contributed by atoms with Crippen molar-refractivity contribution in [3.05, 3.63) is 59.9 Å². The van der Waals surface area contributed by atoms with Crippen LogP contribution in [-0.4, -0.2) is 14.2 Å². The lowest BCUT2D eigenvalue weighted by Crippen LogP contribution is -2.18. The number of halogens is 4. The Bertz CT molecular complexity index is 643. The first-order chi connectivity index (χ1) is 9.96. The molecule has 6 heteroatoms. The van der Waals surface area contributed by atoms with Crippen molar-refractivity contribution in [2.75, 3.05) is 14.2 Å². The quantitative estimate of drug-likeness (QED) is 0.563. The number of hydrogen-bond donors (Lipinski definition) is 1. The Balaban J connectivity index is 2.61. The van der Waals surface area contributed by atoms with Crippen LogP contribution in [0, 0.1) is 0 Å². The summed E-state index contributed by atoms with van der Waals surface area (Å²) in [6.45, 7) is 0. The molecule has 2 aromatic carbocycles. The fourth-order valence-electron chi connectivity index (χ4n) is 2.25. The third-order valence-electron chi connectivity index (χ3n) is 3.06. The first-order valence-corrected chi connectivity index (χ1v) is 8.88.